The van der Waals surface area contributed by atoms with Crippen molar-refractivity contribution in [3.63, 3.8) is 0 Å². The Morgan fingerprint density at radius 3 is 2.62 bits per heavy atom. The van der Waals surface area contributed by atoms with Crippen molar-refractivity contribution in [3.8, 4) is 22.7 Å². The van der Waals surface area contributed by atoms with Gasteiger partial charge in [0, 0.05) is 6.08 Å². The van der Waals surface area contributed by atoms with Gasteiger partial charge >= 0.3 is 0 Å². The molecule has 0 spiro atoms. The van der Waals surface area contributed by atoms with E-state index in [1.165, 1.54) is 15.9 Å². The minimum absolute atomic E-state index is 0.265. The monoisotopic (exact) mass is 443 g/mol. The van der Waals surface area contributed by atoms with E-state index < -0.39 is 0 Å². The fraction of sp³-hybridized carbons (Fsp3) is 0.0500. The molecule has 0 saturated carbocycles. The molecule has 0 atom stereocenters. The Morgan fingerprint density at radius 2 is 1.93 bits per heavy atom. The van der Waals surface area contributed by atoms with Gasteiger partial charge in [0.05, 0.1) is 27.4 Å². The van der Waals surface area contributed by atoms with E-state index in [1.807, 2.05) is 6.92 Å². The molecule has 0 aliphatic carbocycles. The molecule has 0 fully saturated rings. The molecule has 0 amide bonds. The molecule has 5 aromatic rings. The van der Waals surface area contributed by atoms with Crippen LogP contribution in [0.25, 0.3) is 33.7 Å². The van der Waals surface area contributed by atoms with Gasteiger partial charge in [0.15, 0.2) is 5.82 Å². The van der Waals surface area contributed by atoms with Gasteiger partial charge in [-0.25, -0.2) is 0 Å². The molecule has 0 radical (unpaired) electrons. The van der Waals surface area contributed by atoms with Gasteiger partial charge in [-0.05, 0) is 37.3 Å². The molecule has 1 aromatic carbocycles. The highest BCUT2D eigenvalue weighted by Gasteiger charge is 2.16. The van der Waals surface area contributed by atoms with E-state index in [2.05, 4.69) is 10.1 Å². The Morgan fingerprint density at radius 1 is 1.14 bits per heavy atom. The molecule has 6 nitrogen and oxygen atoms in total. The zero-order valence-electron chi connectivity index (χ0n) is 14.8. The fourth-order valence-electron chi connectivity index (χ4n) is 2.99. The predicted octanol–water partition coefficient (Wildman–Crippen LogP) is 4.83. The first-order valence-electron chi connectivity index (χ1n) is 8.51. The van der Waals surface area contributed by atoms with Crippen molar-refractivity contribution in [1.82, 2.24) is 14.6 Å². The van der Waals surface area contributed by atoms with Crippen molar-refractivity contribution >= 4 is 45.6 Å². The quantitative estimate of drug-likeness (QED) is 0.399. The number of aromatic nitrogens is 3. The number of halogens is 2. The minimum atomic E-state index is -0.265. The van der Waals surface area contributed by atoms with Crippen LogP contribution < -0.4 is 10.1 Å². The Balaban J connectivity index is 1.56. The molecule has 0 bridgehead atoms. The lowest BCUT2D eigenvalue weighted by Gasteiger charge is -2.02. The first kappa shape index (κ1) is 18.2. The first-order chi connectivity index (χ1) is 14.0. The second kappa shape index (κ2) is 6.88. The van der Waals surface area contributed by atoms with Crippen LogP contribution in [0.1, 0.15) is 11.5 Å². The zero-order chi connectivity index (χ0) is 20.1. The minimum Gasteiger partial charge on any atom is -0.469 e. The van der Waals surface area contributed by atoms with Crippen LogP contribution in [0.4, 0.5) is 0 Å². The Kier molecular flexibility index (Phi) is 4.31. The van der Waals surface area contributed by atoms with Crippen molar-refractivity contribution in [3.05, 3.63) is 79.1 Å². The number of furan rings is 2. The number of aryl methyl sites for hydroxylation is 1. The molecular formula is C20H11Cl2N3O3S. The van der Waals surface area contributed by atoms with E-state index in [4.69, 9.17) is 32.0 Å². The molecule has 0 unspecified atom stereocenters. The van der Waals surface area contributed by atoms with Crippen molar-refractivity contribution in [2.75, 3.05) is 0 Å². The van der Waals surface area contributed by atoms with Crippen LogP contribution in [0.5, 0.6) is 0 Å². The molecule has 144 valence electrons. The summed E-state index contributed by atoms with van der Waals surface area (Å²) < 4.78 is 12.9. The summed E-state index contributed by atoms with van der Waals surface area (Å²) in [5.74, 6) is 2.18. The summed E-state index contributed by atoms with van der Waals surface area (Å²) in [6, 6.07) is 10.5. The van der Waals surface area contributed by atoms with Gasteiger partial charge in [-0.15, -0.1) is 5.10 Å². The van der Waals surface area contributed by atoms with Crippen molar-refractivity contribution in [2.45, 2.75) is 6.92 Å². The number of rotatable bonds is 3. The highest BCUT2D eigenvalue weighted by Crippen LogP contribution is 2.35. The summed E-state index contributed by atoms with van der Waals surface area (Å²) in [6.45, 7) is 1.82. The fourth-order valence-corrected chi connectivity index (χ4v) is 4.46. The standard InChI is InChI=1S/C20H11Cl2N3O3S/c1-10-12(7-8-27-10)18-23-20-25(24-18)19(26)16(29-20)9-11-5-6-15(28-11)17-13(21)3-2-4-14(17)22/h2-9H,1H3. The molecule has 5 rings (SSSR count). The average Bonchev–Trinajstić information content (AvgIpc) is 3.44. The molecule has 9 heteroatoms. The summed E-state index contributed by atoms with van der Waals surface area (Å²) in [5.41, 5.74) is 1.11. The van der Waals surface area contributed by atoms with Gasteiger partial charge in [0.1, 0.15) is 21.8 Å². The third kappa shape index (κ3) is 3.07. The largest absolute Gasteiger partial charge is 0.469 e. The molecule has 4 aromatic heterocycles. The van der Waals surface area contributed by atoms with Crippen molar-refractivity contribution in [1.29, 1.82) is 0 Å². The highest BCUT2D eigenvalue weighted by molar-refractivity contribution is 7.15. The molecule has 0 saturated heterocycles. The van der Waals surface area contributed by atoms with Crippen LogP contribution in [0.15, 0.2) is 56.3 Å². The number of thiazole rings is 1. The molecule has 0 aliphatic heterocycles. The average molecular weight is 444 g/mol. The summed E-state index contributed by atoms with van der Waals surface area (Å²) in [4.78, 5) is 17.7. The maximum Gasteiger partial charge on any atom is 0.291 e. The lowest BCUT2D eigenvalue weighted by molar-refractivity contribution is 0.535. The van der Waals surface area contributed by atoms with Crippen LogP contribution in [0.3, 0.4) is 0 Å². The number of benzene rings is 1. The molecule has 0 aliphatic rings. The topological polar surface area (TPSA) is 73.5 Å². The summed E-state index contributed by atoms with van der Waals surface area (Å²) in [5, 5.41) is 5.29. The predicted molar refractivity (Wildman–Crippen MR) is 113 cm³/mol. The van der Waals surface area contributed by atoms with Gasteiger partial charge in [-0.1, -0.05) is 40.6 Å². The number of fused-ring (bicyclic) bond motifs is 1. The summed E-state index contributed by atoms with van der Waals surface area (Å²) in [6.07, 6.45) is 3.22. The third-order valence-corrected chi connectivity index (χ3v) is 5.98. The number of hydrogen-bond acceptors (Lipinski definition) is 6. The Labute approximate surface area is 177 Å². The van der Waals surface area contributed by atoms with E-state index >= 15 is 0 Å². The highest BCUT2D eigenvalue weighted by atomic mass is 35.5. The first-order valence-corrected chi connectivity index (χ1v) is 10.1. The van der Waals surface area contributed by atoms with Crippen LogP contribution >= 0.6 is 34.5 Å². The van der Waals surface area contributed by atoms with E-state index in [0.29, 0.717) is 48.2 Å². The van der Waals surface area contributed by atoms with Crippen LogP contribution in [-0.4, -0.2) is 14.6 Å². The Bertz CT molecular complexity index is 1460. The van der Waals surface area contributed by atoms with Crippen LogP contribution in [-0.2, 0) is 0 Å². The lowest BCUT2D eigenvalue weighted by atomic mass is 10.2. The second-order valence-electron chi connectivity index (χ2n) is 6.23. The lowest BCUT2D eigenvalue weighted by Crippen LogP contribution is -2.23. The molecule has 4 heterocycles. The summed E-state index contributed by atoms with van der Waals surface area (Å²) >= 11 is 13.7. The van der Waals surface area contributed by atoms with Gasteiger partial charge in [-0.2, -0.15) is 9.50 Å². The SMILES string of the molecule is Cc1occc1-c1nc2sc(=Cc3ccc(-c4c(Cl)cccc4Cl)o3)c(=O)n2n1. The van der Waals surface area contributed by atoms with E-state index in [9.17, 15) is 4.79 Å². The van der Waals surface area contributed by atoms with Gasteiger partial charge in [0.25, 0.3) is 5.56 Å². The van der Waals surface area contributed by atoms with Gasteiger partial charge in [0.2, 0.25) is 4.96 Å². The maximum atomic E-state index is 12.7. The van der Waals surface area contributed by atoms with Crippen LogP contribution in [0.2, 0.25) is 10.0 Å². The maximum absolute atomic E-state index is 12.7. The molecular weight excluding hydrogens is 433 g/mol. The number of hydrogen-bond donors (Lipinski definition) is 0. The number of nitrogens with zero attached hydrogens (tertiary/aromatic N) is 3. The van der Waals surface area contributed by atoms with E-state index in [0.717, 1.165) is 5.56 Å². The molecule has 0 N–H and O–H groups in total. The van der Waals surface area contributed by atoms with Crippen molar-refractivity contribution < 1.29 is 8.83 Å². The van der Waals surface area contributed by atoms with Gasteiger partial charge in [-0.3, -0.25) is 4.79 Å². The van der Waals surface area contributed by atoms with Crippen molar-refractivity contribution in [2.24, 2.45) is 0 Å². The van der Waals surface area contributed by atoms with E-state index in [-0.39, 0.29) is 5.56 Å². The van der Waals surface area contributed by atoms with Crippen LogP contribution in [0, 0.1) is 6.92 Å². The normalized spacial score (nSPS) is 12.3. The smallest absolute Gasteiger partial charge is 0.291 e. The van der Waals surface area contributed by atoms with Gasteiger partial charge < -0.3 is 8.83 Å². The third-order valence-electron chi connectivity index (χ3n) is 4.39. The second-order valence-corrected chi connectivity index (χ2v) is 8.06. The van der Waals surface area contributed by atoms with E-state index in [1.54, 1.807) is 48.7 Å². The Hall–Kier alpha value is -2.87. The zero-order valence-corrected chi connectivity index (χ0v) is 17.2. The molecule has 29 heavy (non-hydrogen) atoms. The summed E-state index contributed by atoms with van der Waals surface area (Å²) in [7, 11) is 0.